The van der Waals surface area contributed by atoms with Crippen molar-refractivity contribution in [1.29, 1.82) is 0 Å². The molecule has 0 bridgehead atoms. The first-order valence-corrected chi connectivity index (χ1v) is 8.69. The Morgan fingerprint density at radius 3 is 2.04 bits per heavy atom. The molecule has 1 amide bonds. The van der Waals surface area contributed by atoms with Crippen molar-refractivity contribution in [3.8, 4) is 0 Å². The van der Waals surface area contributed by atoms with Crippen LogP contribution in [0.1, 0.15) is 17.5 Å². The second-order valence-electron chi connectivity index (χ2n) is 5.31. The van der Waals surface area contributed by atoms with E-state index in [1.807, 2.05) is 0 Å². The molecule has 0 saturated heterocycles. The first-order chi connectivity index (χ1) is 11.6. The van der Waals surface area contributed by atoms with Crippen molar-refractivity contribution in [2.45, 2.75) is 23.9 Å². The van der Waals surface area contributed by atoms with Crippen LogP contribution in [-0.2, 0) is 27.4 Å². The molecule has 0 aliphatic carbocycles. The zero-order chi connectivity index (χ0) is 18.7. The maximum atomic E-state index is 12.5. The monoisotopic (exact) mass is 372 g/mol. The Morgan fingerprint density at radius 1 is 1.00 bits per heavy atom. The predicted octanol–water partition coefficient (Wildman–Crippen LogP) is 2.92. The molecule has 3 N–H and O–H groups in total. The van der Waals surface area contributed by atoms with Gasteiger partial charge in [0.05, 0.1) is 10.5 Å². The van der Waals surface area contributed by atoms with Crippen LogP contribution in [-0.4, -0.2) is 14.3 Å². The fourth-order valence-corrected chi connectivity index (χ4v) is 2.59. The van der Waals surface area contributed by atoms with E-state index in [-0.39, 0.29) is 22.9 Å². The van der Waals surface area contributed by atoms with Crippen molar-refractivity contribution in [3.63, 3.8) is 0 Å². The molecule has 0 saturated carbocycles. The summed E-state index contributed by atoms with van der Waals surface area (Å²) in [4.78, 5) is 11.8. The summed E-state index contributed by atoms with van der Waals surface area (Å²) in [5.74, 6) is -0.365. The number of hydrogen-bond acceptors (Lipinski definition) is 3. The minimum atomic E-state index is -4.42. The van der Waals surface area contributed by atoms with Crippen LogP contribution in [0.2, 0.25) is 0 Å². The van der Waals surface area contributed by atoms with Crippen molar-refractivity contribution in [1.82, 2.24) is 0 Å². The molecule has 5 nitrogen and oxygen atoms in total. The molecule has 0 spiro atoms. The maximum absolute atomic E-state index is 12.5. The quantitative estimate of drug-likeness (QED) is 0.846. The number of sulfonamides is 1. The fraction of sp³-hybridized carbons (Fsp3) is 0.188. The van der Waals surface area contributed by atoms with E-state index < -0.39 is 21.8 Å². The minimum absolute atomic E-state index is 0.0227. The average Bonchev–Trinajstić information content (AvgIpc) is 2.52. The van der Waals surface area contributed by atoms with Crippen LogP contribution in [0.5, 0.6) is 0 Å². The molecule has 0 atom stereocenters. The summed E-state index contributed by atoms with van der Waals surface area (Å²) in [7, 11) is -3.77. The van der Waals surface area contributed by atoms with E-state index in [0.717, 1.165) is 17.7 Å². The van der Waals surface area contributed by atoms with Gasteiger partial charge in [-0.3, -0.25) is 4.79 Å². The normalized spacial score (nSPS) is 12.0. The van der Waals surface area contributed by atoms with Crippen molar-refractivity contribution in [3.05, 3.63) is 59.7 Å². The van der Waals surface area contributed by atoms with E-state index in [9.17, 15) is 26.4 Å². The molecular formula is C16H15F3N2O3S. The third-order valence-electron chi connectivity index (χ3n) is 3.39. The SMILES string of the molecule is NS(=O)(=O)c1ccc(CCC(=O)Nc2ccc(C(F)(F)F)cc2)cc1. The van der Waals surface area contributed by atoms with Gasteiger partial charge in [0.25, 0.3) is 0 Å². The lowest BCUT2D eigenvalue weighted by molar-refractivity contribution is -0.137. The molecule has 0 aliphatic rings. The van der Waals surface area contributed by atoms with Crippen molar-refractivity contribution < 1.29 is 26.4 Å². The number of rotatable bonds is 5. The molecular weight excluding hydrogens is 357 g/mol. The summed E-state index contributed by atoms with van der Waals surface area (Å²) in [6, 6.07) is 9.93. The van der Waals surface area contributed by atoms with Gasteiger partial charge in [-0.1, -0.05) is 12.1 Å². The number of carbonyl (C=O) groups is 1. The van der Waals surface area contributed by atoms with Gasteiger partial charge in [-0.2, -0.15) is 13.2 Å². The molecule has 2 rings (SSSR count). The number of hydrogen-bond donors (Lipinski definition) is 2. The topological polar surface area (TPSA) is 89.3 Å². The molecule has 0 fully saturated rings. The van der Waals surface area contributed by atoms with Crippen molar-refractivity contribution in [2.75, 3.05) is 5.32 Å². The highest BCUT2D eigenvalue weighted by Crippen LogP contribution is 2.29. The Hall–Kier alpha value is -2.39. The highest BCUT2D eigenvalue weighted by atomic mass is 32.2. The van der Waals surface area contributed by atoms with Crippen molar-refractivity contribution in [2.24, 2.45) is 5.14 Å². The van der Waals surface area contributed by atoms with Crippen molar-refractivity contribution >= 4 is 21.6 Å². The molecule has 25 heavy (non-hydrogen) atoms. The Bertz CT molecular complexity index is 846. The Morgan fingerprint density at radius 2 is 1.56 bits per heavy atom. The summed E-state index contributed by atoms with van der Waals surface area (Å²) in [5.41, 5.74) is 0.206. The van der Waals surface area contributed by atoms with Crippen LogP contribution in [0.25, 0.3) is 0 Å². The molecule has 0 unspecified atom stereocenters. The van der Waals surface area contributed by atoms with Gasteiger partial charge >= 0.3 is 6.18 Å². The summed E-state index contributed by atoms with van der Waals surface area (Å²) in [6.07, 6.45) is -3.99. The highest BCUT2D eigenvalue weighted by molar-refractivity contribution is 7.89. The molecule has 134 valence electrons. The molecule has 0 heterocycles. The number of halogens is 3. The molecule has 0 aliphatic heterocycles. The summed E-state index contributed by atoms with van der Waals surface area (Å²) < 4.78 is 59.7. The van der Waals surface area contributed by atoms with E-state index in [1.165, 1.54) is 24.3 Å². The largest absolute Gasteiger partial charge is 0.416 e. The molecule has 9 heteroatoms. The van der Waals surface area contributed by atoms with Gasteiger partial charge in [0.2, 0.25) is 15.9 Å². The molecule has 2 aromatic rings. The number of primary sulfonamides is 1. The smallest absolute Gasteiger partial charge is 0.326 e. The number of nitrogens with one attached hydrogen (secondary N) is 1. The Balaban J connectivity index is 1.90. The first kappa shape index (κ1) is 18.9. The third-order valence-corrected chi connectivity index (χ3v) is 4.32. The van der Waals surface area contributed by atoms with E-state index in [1.54, 1.807) is 12.1 Å². The van der Waals surface area contributed by atoms with Gasteiger partial charge in [-0.05, 0) is 48.4 Å². The fourth-order valence-electron chi connectivity index (χ4n) is 2.07. The average molecular weight is 372 g/mol. The highest BCUT2D eigenvalue weighted by Gasteiger charge is 2.29. The van der Waals surface area contributed by atoms with E-state index in [2.05, 4.69) is 5.32 Å². The number of nitrogens with two attached hydrogens (primary N) is 1. The zero-order valence-electron chi connectivity index (χ0n) is 12.9. The van der Waals surface area contributed by atoms with Gasteiger partial charge in [0.15, 0.2) is 0 Å². The predicted molar refractivity (Wildman–Crippen MR) is 86.2 cm³/mol. The molecule has 0 radical (unpaired) electrons. The molecule has 2 aromatic carbocycles. The number of benzene rings is 2. The lowest BCUT2D eigenvalue weighted by Crippen LogP contribution is -2.13. The van der Waals surface area contributed by atoms with Gasteiger partial charge in [0, 0.05) is 12.1 Å². The van der Waals surface area contributed by atoms with E-state index >= 15 is 0 Å². The number of anilines is 1. The number of carbonyl (C=O) groups excluding carboxylic acids is 1. The second kappa shape index (κ2) is 7.24. The number of aryl methyl sites for hydroxylation is 1. The maximum Gasteiger partial charge on any atom is 0.416 e. The number of alkyl halides is 3. The van der Waals surface area contributed by atoms with Crippen LogP contribution in [0.15, 0.2) is 53.4 Å². The Kier molecular flexibility index (Phi) is 5.48. The van der Waals surface area contributed by atoms with E-state index in [4.69, 9.17) is 5.14 Å². The van der Waals surface area contributed by atoms with Crippen LogP contribution in [0.3, 0.4) is 0 Å². The summed E-state index contributed by atoms with van der Waals surface area (Å²) >= 11 is 0. The zero-order valence-corrected chi connectivity index (χ0v) is 13.7. The van der Waals surface area contributed by atoms with Gasteiger partial charge in [0.1, 0.15) is 0 Å². The van der Waals surface area contributed by atoms with Gasteiger partial charge in [-0.25, -0.2) is 13.6 Å². The summed E-state index contributed by atoms with van der Waals surface area (Å²) in [5, 5.41) is 7.49. The van der Waals surface area contributed by atoms with Crippen LogP contribution in [0.4, 0.5) is 18.9 Å². The number of amides is 1. The third kappa shape index (κ3) is 5.57. The first-order valence-electron chi connectivity index (χ1n) is 7.14. The van der Waals surface area contributed by atoms with Crippen LogP contribution >= 0.6 is 0 Å². The van der Waals surface area contributed by atoms with Crippen LogP contribution < -0.4 is 10.5 Å². The van der Waals surface area contributed by atoms with Gasteiger partial charge < -0.3 is 5.32 Å². The minimum Gasteiger partial charge on any atom is -0.326 e. The summed E-state index contributed by atoms with van der Waals surface area (Å²) in [6.45, 7) is 0. The standard InChI is InChI=1S/C16H15F3N2O3S/c17-16(18,19)12-4-6-13(7-5-12)21-15(22)10-3-11-1-8-14(9-2-11)25(20,23)24/h1-2,4-9H,3,10H2,(H,21,22)(H2,20,23,24). The van der Waals surface area contributed by atoms with Gasteiger partial charge in [-0.15, -0.1) is 0 Å². The van der Waals surface area contributed by atoms with E-state index in [0.29, 0.717) is 6.42 Å². The Labute approximate surface area is 142 Å². The molecule has 0 aromatic heterocycles. The second-order valence-corrected chi connectivity index (χ2v) is 6.87. The van der Waals surface area contributed by atoms with Crippen LogP contribution in [0, 0.1) is 0 Å². The lowest BCUT2D eigenvalue weighted by atomic mass is 10.1. The lowest BCUT2D eigenvalue weighted by Gasteiger charge is -2.09.